The molecule has 25 heavy (non-hydrogen) atoms. The van der Waals surface area contributed by atoms with Gasteiger partial charge in [0.25, 0.3) is 0 Å². The number of hydrogen-bond donors (Lipinski definition) is 1. The standard InChI is InChI=1S/C17H17BrN4O3/c1-4-7-25-16(23)14-10(2)21-17-19-9-20-22(17)15(14)12-8-11(18)5-6-13(12)24-3/h4-6,8-9,15H,1,7H2,2-3H3,(H,19,20,21)/t15-/m0/s1. The molecular weight excluding hydrogens is 388 g/mol. The zero-order valence-electron chi connectivity index (χ0n) is 13.8. The van der Waals surface area contributed by atoms with Crippen LogP contribution in [0.3, 0.4) is 0 Å². The van der Waals surface area contributed by atoms with Crippen LogP contribution in [0.1, 0.15) is 18.5 Å². The highest BCUT2D eigenvalue weighted by molar-refractivity contribution is 9.10. The van der Waals surface area contributed by atoms with Crippen molar-refractivity contribution >= 4 is 27.8 Å². The van der Waals surface area contributed by atoms with Crippen LogP contribution < -0.4 is 10.1 Å². The molecule has 1 aliphatic rings. The lowest BCUT2D eigenvalue weighted by molar-refractivity contribution is -0.138. The van der Waals surface area contributed by atoms with Crippen LogP contribution in [-0.2, 0) is 9.53 Å². The molecule has 1 aromatic carbocycles. The van der Waals surface area contributed by atoms with Gasteiger partial charge in [0.2, 0.25) is 5.95 Å². The Kier molecular flexibility index (Phi) is 4.89. The Morgan fingerprint density at radius 1 is 1.52 bits per heavy atom. The largest absolute Gasteiger partial charge is 0.496 e. The number of hydrogen-bond acceptors (Lipinski definition) is 6. The molecule has 1 aliphatic heterocycles. The minimum absolute atomic E-state index is 0.127. The second-order valence-electron chi connectivity index (χ2n) is 5.37. The van der Waals surface area contributed by atoms with E-state index in [1.165, 1.54) is 12.4 Å². The van der Waals surface area contributed by atoms with Crippen molar-refractivity contribution in [3.8, 4) is 5.75 Å². The van der Waals surface area contributed by atoms with Crippen molar-refractivity contribution in [1.82, 2.24) is 14.8 Å². The molecule has 8 heteroatoms. The van der Waals surface area contributed by atoms with Gasteiger partial charge in [-0.15, -0.1) is 0 Å². The quantitative estimate of drug-likeness (QED) is 0.609. The lowest BCUT2D eigenvalue weighted by Crippen LogP contribution is -2.30. The van der Waals surface area contributed by atoms with Gasteiger partial charge in [-0.2, -0.15) is 10.1 Å². The maximum Gasteiger partial charge on any atom is 0.338 e. The van der Waals surface area contributed by atoms with Crippen LogP contribution in [0.25, 0.3) is 0 Å². The van der Waals surface area contributed by atoms with Crippen molar-refractivity contribution in [2.24, 2.45) is 0 Å². The molecule has 130 valence electrons. The fourth-order valence-corrected chi connectivity index (χ4v) is 3.15. The second kappa shape index (κ2) is 7.10. The van der Waals surface area contributed by atoms with Crippen molar-refractivity contribution in [3.63, 3.8) is 0 Å². The molecule has 0 unspecified atom stereocenters. The highest BCUT2D eigenvalue weighted by Crippen LogP contribution is 2.40. The molecule has 2 heterocycles. The summed E-state index contributed by atoms with van der Waals surface area (Å²) in [6.07, 6.45) is 2.96. The molecule has 0 bridgehead atoms. The fraction of sp³-hybridized carbons (Fsp3) is 0.235. The van der Waals surface area contributed by atoms with Crippen LogP contribution in [0.5, 0.6) is 5.75 Å². The Morgan fingerprint density at radius 3 is 3.04 bits per heavy atom. The number of halogens is 1. The van der Waals surface area contributed by atoms with Crippen molar-refractivity contribution in [1.29, 1.82) is 0 Å². The van der Waals surface area contributed by atoms with Gasteiger partial charge < -0.3 is 14.8 Å². The summed E-state index contributed by atoms with van der Waals surface area (Å²) in [5.74, 6) is 0.737. The Morgan fingerprint density at radius 2 is 2.32 bits per heavy atom. The fourth-order valence-electron chi connectivity index (χ4n) is 2.77. The van der Waals surface area contributed by atoms with E-state index in [0.717, 1.165) is 10.0 Å². The molecule has 2 aromatic rings. The van der Waals surface area contributed by atoms with Gasteiger partial charge >= 0.3 is 5.97 Å². The van der Waals surface area contributed by atoms with Crippen molar-refractivity contribution in [2.45, 2.75) is 13.0 Å². The average molecular weight is 405 g/mol. The van der Waals surface area contributed by atoms with Gasteiger partial charge in [-0.05, 0) is 25.1 Å². The predicted molar refractivity (Wildman–Crippen MR) is 96.3 cm³/mol. The number of nitrogens with one attached hydrogen (secondary N) is 1. The molecule has 0 fully saturated rings. The summed E-state index contributed by atoms with van der Waals surface area (Å²) < 4.78 is 13.3. The molecule has 1 N–H and O–H groups in total. The third-order valence-corrected chi connectivity index (χ3v) is 4.33. The lowest BCUT2D eigenvalue weighted by Gasteiger charge is -2.29. The lowest BCUT2D eigenvalue weighted by atomic mass is 9.95. The van der Waals surface area contributed by atoms with Gasteiger partial charge in [-0.1, -0.05) is 28.6 Å². The molecule has 7 nitrogen and oxygen atoms in total. The molecule has 0 radical (unpaired) electrons. The molecule has 0 spiro atoms. The summed E-state index contributed by atoms with van der Waals surface area (Å²) in [5.41, 5.74) is 1.87. The van der Waals surface area contributed by atoms with Crippen LogP contribution in [0.2, 0.25) is 0 Å². The van der Waals surface area contributed by atoms with E-state index in [4.69, 9.17) is 9.47 Å². The van der Waals surface area contributed by atoms with E-state index >= 15 is 0 Å². The highest BCUT2D eigenvalue weighted by Gasteiger charge is 2.36. The van der Waals surface area contributed by atoms with Crippen LogP contribution in [0.15, 0.2) is 52.9 Å². The molecule has 1 atom stereocenters. The Balaban J connectivity index is 2.18. The van der Waals surface area contributed by atoms with Crippen molar-refractivity contribution in [2.75, 3.05) is 19.0 Å². The number of carbonyl (C=O) groups is 1. The summed E-state index contributed by atoms with van der Waals surface area (Å²) in [7, 11) is 1.59. The van der Waals surface area contributed by atoms with E-state index in [1.807, 2.05) is 18.2 Å². The Labute approximate surface area is 153 Å². The van der Waals surface area contributed by atoms with Crippen LogP contribution in [-0.4, -0.2) is 34.5 Å². The Hall–Kier alpha value is -2.61. The minimum Gasteiger partial charge on any atom is -0.496 e. The maximum atomic E-state index is 12.7. The van der Waals surface area contributed by atoms with Gasteiger partial charge in [0, 0.05) is 15.7 Å². The van der Waals surface area contributed by atoms with Crippen LogP contribution in [0, 0.1) is 0 Å². The number of carbonyl (C=O) groups excluding carboxylic acids is 1. The van der Waals surface area contributed by atoms with E-state index in [2.05, 4.69) is 37.9 Å². The number of nitrogens with zero attached hydrogens (tertiary/aromatic N) is 3. The summed E-state index contributed by atoms with van der Waals surface area (Å²) >= 11 is 3.47. The number of rotatable bonds is 5. The number of ether oxygens (including phenoxy) is 2. The number of fused-ring (bicyclic) bond motifs is 1. The van der Waals surface area contributed by atoms with Crippen molar-refractivity contribution < 1.29 is 14.3 Å². The first-order valence-corrected chi connectivity index (χ1v) is 8.34. The summed E-state index contributed by atoms with van der Waals surface area (Å²) in [4.78, 5) is 16.9. The molecule has 3 rings (SSSR count). The summed E-state index contributed by atoms with van der Waals surface area (Å²) in [6.45, 7) is 5.51. The molecule has 0 saturated carbocycles. The monoisotopic (exact) mass is 404 g/mol. The average Bonchev–Trinajstić information content (AvgIpc) is 3.06. The Bertz CT molecular complexity index is 859. The first-order chi connectivity index (χ1) is 12.1. The molecule has 0 aliphatic carbocycles. The highest BCUT2D eigenvalue weighted by atomic mass is 79.9. The topological polar surface area (TPSA) is 78.3 Å². The number of allylic oxidation sites excluding steroid dienone is 1. The second-order valence-corrected chi connectivity index (χ2v) is 6.28. The third-order valence-electron chi connectivity index (χ3n) is 3.83. The van der Waals surface area contributed by atoms with Crippen LogP contribution >= 0.6 is 15.9 Å². The maximum absolute atomic E-state index is 12.7. The number of methoxy groups -OCH3 is 1. The van der Waals surface area contributed by atoms with Gasteiger partial charge in [0.05, 0.1) is 12.7 Å². The SMILES string of the molecule is C=CCOC(=O)C1=C(C)Nc2ncnn2[C@H]1c1cc(Br)ccc1OC. The molecule has 0 saturated heterocycles. The number of anilines is 1. The molecular formula is C17H17BrN4O3. The van der Waals surface area contributed by atoms with E-state index in [9.17, 15) is 4.79 Å². The molecule has 1 aromatic heterocycles. The number of esters is 1. The minimum atomic E-state index is -0.525. The van der Waals surface area contributed by atoms with E-state index in [1.54, 1.807) is 18.7 Å². The predicted octanol–water partition coefficient (Wildman–Crippen LogP) is 3.07. The van der Waals surface area contributed by atoms with Crippen LogP contribution in [0.4, 0.5) is 5.95 Å². The summed E-state index contributed by atoms with van der Waals surface area (Å²) in [6, 6.07) is 5.08. The van der Waals surface area contributed by atoms with E-state index < -0.39 is 12.0 Å². The first-order valence-electron chi connectivity index (χ1n) is 7.55. The zero-order valence-corrected chi connectivity index (χ0v) is 15.4. The smallest absolute Gasteiger partial charge is 0.338 e. The normalized spacial score (nSPS) is 16.0. The molecule has 0 amide bonds. The number of benzene rings is 1. The number of aromatic nitrogens is 3. The first kappa shape index (κ1) is 17.2. The van der Waals surface area contributed by atoms with Gasteiger partial charge in [-0.25, -0.2) is 9.48 Å². The van der Waals surface area contributed by atoms with Gasteiger partial charge in [-0.3, -0.25) is 0 Å². The summed E-state index contributed by atoms with van der Waals surface area (Å²) in [5, 5.41) is 7.37. The van der Waals surface area contributed by atoms with Crippen molar-refractivity contribution in [3.05, 3.63) is 58.5 Å². The third kappa shape index (κ3) is 3.17. The van der Waals surface area contributed by atoms with E-state index in [-0.39, 0.29) is 6.61 Å². The van der Waals surface area contributed by atoms with Gasteiger partial charge in [0.1, 0.15) is 24.7 Å². The van der Waals surface area contributed by atoms with E-state index in [0.29, 0.717) is 23.0 Å². The zero-order chi connectivity index (χ0) is 18.0. The van der Waals surface area contributed by atoms with Gasteiger partial charge in [0.15, 0.2) is 0 Å².